The van der Waals surface area contributed by atoms with Crippen LogP contribution in [0.3, 0.4) is 0 Å². The van der Waals surface area contributed by atoms with Gasteiger partial charge in [-0.2, -0.15) is 0 Å². The van der Waals surface area contributed by atoms with E-state index in [1.165, 1.54) is 51.4 Å². The van der Waals surface area contributed by atoms with Gasteiger partial charge < -0.3 is 0 Å². The Hall–Kier alpha value is 0. The molecule has 0 amide bonds. The topological polar surface area (TPSA) is 0 Å². The van der Waals surface area contributed by atoms with E-state index in [4.69, 9.17) is 0 Å². The molecule has 0 aromatic carbocycles. The molecule has 0 aliphatic rings. The highest BCUT2D eigenvalue weighted by Crippen LogP contribution is 2.14. The van der Waals surface area contributed by atoms with E-state index in [1.807, 2.05) is 0 Å². The van der Waals surface area contributed by atoms with Gasteiger partial charge in [0.2, 0.25) is 0 Å². The predicted octanol–water partition coefficient (Wildman–Crippen LogP) is 4.99. The van der Waals surface area contributed by atoms with Crippen molar-refractivity contribution in [3.63, 3.8) is 0 Å². The standard InChI is InChI=1S/C13H27/c1-4-6-7-8-9-10-12-13(3)11-5-2/h11,13H,4-10,12H2,1-3H3. The SMILES string of the molecule is CC[CH]C(C)CCCCCCCC. The highest BCUT2D eigenvalue weighted by Gasteiger charge is 1.99. The molecule has 79 valence electrons. The van der Waals surface area contributed by atoms with E-state index in [-0.39, 0.29) is 0 Å². The van der Waals surface area contributed by atoms with Gasteiger partial charge in [-0.15, -0.1) is 0 Å². The van der Waals surface area contributed by atoms with Crippen molar-refractivity contribution in [1.29, 1.82) is 0 Å². The van der Waals surface area contributed by atoms with E-state index in [0.717, 1.165) is 5.92 Å². The highest BCUT2D eigenvalue weighted by atomic mass is 14.1. The molecule has 0 saturated heterocycles. The Morgan fingerprint density at radius 3 is 2.15 bits per heavy atom. The van der Waals surface area contributed by atoms with Crippen LogP contribution in [0.4, 0.5) is 0 Å². The summed E-state index contributed by atoms with van der Waals surface area (Å²) in [4.78, 5) is 0. The second kappa shape index (κ2) is 10.1. The third-order valence-corrected chi connectivity index (χ3v) is 2.65. The first-order chi connectivity index (χ1) is 6.31. The second-order valence-electron chi connectivity index (χ2n) is 4.18. The van der Waals surface area contributed by atoms with E-state index in [9.17, 15) is 0 Å². The monoisotopic (exact) mass is 183 g/mol. The van der Waals surface area contributed by atoms with Crippen molar-refractivity contribution in [1.82, 2.24) is 0 Å². The van der Waals surface area contributed by atoms with E-state index >= 15 is 0 Å². The minimum absolute atomic E-state index is 0.844. The molecule has 0 saturated carbocycles. The average Bonchev–Trinajstić information content (AvgIpc) is 2.11. The summed E-state index contributed by atoms with van der Waals surface area (Å²) >= 11 is 0. The zero-order valence-corrected chi connectivity index (χ0v) is 9.81. The summed E-state index contributed by atoms with van der Waals surface area (Å²) in [5, 5.41) is 0. The maximum absolute atomic E-state index is 2.44. The van der Waals surface area contributed by atoms with Crippen LogP contribution in [0.15, 0.2) is 0 Å². The van der Waals surface area contributed by atoms with Gasteiger partial charge in [0.1, 0.15) is 0 Å². The van der Waals surface area contributed by atoms with Crippen molar-refractivity contribution in [2.75, 3.05) is 0 Å². The lowest BCUT2D eigenvalue weighted by molar-refractivity contribution is 0.517. The van der Waals surface area contributed by atoms with Crippen LogP contribution >= 0.6 is 0 Å². The highest BCUT2D eigenvalue weighted by molar-refractivity contribution is 4.70. The van der Waals surface area contributed by atoms with Crippen molar-refractivity contribution >= 4 is 0 Å². The Balaban J connectivity index is 2.97. The minimum atomic E-state index is 0.844. The maximum Gasteiger partial charge on any atom is -0.0360 e. The first kappa shape index (κ1) is 13.0. The van der Waals surface area contributed by atoms with E-state index in [1.54, 1.807) is 0 Å². The summed E-state index contributed by atoms with van der Waals surface area (Å²) < 4.78 is 0. The fraction of sp³-hybridized carbons (Fsp3) is 0.923. The van der Waals surface area contributed by atoms with Crippen LogP contribution in [-0.2, 0) is 0 Å². The third-order valence-electron chi connectivity index (χ3n) is 2.65. The molecule has 1 atom stereocenters. The number of hydrogen-bond donors (Lipinski definition) is 0. The predicted molar refractivity (Wildman–Crippen MR) is 61.7 cm³/mol. The molecule has 0 aliphatic heterocycles. The lowest BCUT2D eigenvalue weighted by Gasteiger charge is -2.08. The molecule has 0 heterocycles. The van der Waals surface area contributed by atoms with Crippen LogP contribution in [0.5, 0.6) is 0 Å². The molecule has 0 heteroatoms. The molecule has 0 spiro atoms. The minimum Gasteiger partial charge on any atom is -0.0654 e. The van der Waals surface area contributed by atoms with Gasteiger partial charge in [0.05, 0.1) is 0 Å². The van der Waals surface area contributed by atoms with E-state index < -0.39 is 0 Å². The lowest BCUT2D eigenvalue weighted by Crippen LogP contribution is -1.94. The molecule has 0 aromatic rings. The Labute approximate surface area is 85.1 Å². The van der Waals surface area contributed by atoms with Gasteiger partial charge in [0, 0.05) is 0 Å². The summed E-state index contributed by atoms with van der Waals surface area (Å²) in [5.74, 6) is 0.844. The first-order valence-electron chi connectivity index (χ1n) is 6.14. The second-order valence-corrected chi connectivity index (χ2v) is 4.18. The molecule has 0 rings (SSSR count). The fourth-order valence-electron chi connectivity index (χ4n) is 1.77. The summed E-state index contributed by atoms with van der Waals surface area (Å²) in [6.07, 6.45) is 13.6. The van der Waals surface area contributed by atoms with Gasteiger partial charge in [0.15, 0.2) is 0 Å². The maximum atomic E-state index is 2.44. The summed E-state index contributed by atoms with van der Waals surface area (Å²) in [7, 11) is 0. The van der Waals surface area contributed by atoms with Crippen molar-refractivity contribution < 1.29 is 0 Å². The van der Waals surface area contributed by atoms with Gasteiger partial charge in [-0.25, -0.2) is 0 Å². The lowest BCUT2D eigenvalue weighted by atomic mass is 9.98. The van der Waals surface area contributed by atoms with Gasteiger partial charge in [-0.3, -0.25) is 0 Å². The van der Waals surface area contributed by atoms with Crippen LogP contribution in [0.1, 0.15) is 72.1 Å². The number of rotatable bonds is 9. The van der Waals surface area contributed by atoms with Crippen molar-refractivity contribution in [2.45, 2.75) is 72.1 Å². The normalized spacial score (nSPS) is 13.2. The average molecular weight is 183 g/mol. The summed E-state index contributed by atoms with van der Waals surface area (Å²) in [5.41, 5.74) is 0. The Morgan fingerprint density at radius 2 is 1.54 bits per heavy atom. The molecular formula is C13H27. The Kier molecular flexibility index (Phi) is 10.1. The van der Waals surface area contributed by atoms with Crippen LogP contribution in [0.25, 0.3) is 0 Å². The van der Waals surface area contributed by atoms with Crippen molar-refractivity contribution in [3.8, 4) is 0 Å². The van der Waals surface area contributed by atoms with Crippen LogP contribution in [0.2, 0.25) is 0 Å². The van der Waals surface area contributed by atoms with Crippen LogP contribution in [0, 0.1) is 12.3 Å². The first-order valence-corrected chi connectivity index (χ1v) is 6.14. The van der Waals surface area contributed by atoms with Gasteiger partial charge >= 0.3 is 0 Å². The Morgan fingerprint density at radius 1 is 0.923 bits per heavy atom. The molecule has 0 aliphatic carbocycles. The van der Waals surface area contributed by atoms with Gasteiger partial charge in [-0.05, 0) is 12.3 Å². The van der Waals surface area contributed by atoms with Crippen LogP contribution in [-0.4, -0.2) is 0 Å². The molecule has 1 radical (unpaired) electrons. The molecule has 0 aromatic heterocycles. The summed E-state index contributed by atoms with van der Waals surface area (Å²) in [6.45, 7) is 6.85. The molecule has 13 heavy (non-hydrogen) atoms. The van der Waals surface area contributed by atoms with Crippen molar-refractivity contribution in [2.24, 2.45) is 5.92 Å². The smallest absolute Gasteiger partial charge is 0.0360 e. The summed E-state index contributed by atoms with van der Waals surface area (Å²) in [6, 6.07) is 0. The van der Waals surface area contributed by atoms with Crippen LogP contribution < -0.4 is 0 Å². The molecule has 0 nitrogen and oxygen atoms in total. The van der Waals surface area contributed by atoms with E-state index in [0.29, 0.717) is 0 Å². The zero-order chi connectivity index (χ0) is 9.94. The van der Waals surface area contributed by atoms with Gasteiger partial charge in [-0.1, -0.05) is 72.1 Å². The fourth-order valence-corrected chi connectivity index (χ4v) is 1.77. The third kappa shape index (κ3) is 9.92. The molecule has 0 N–H and O–H groups in total. The largest absolute Gasteiger partial charge is 0.0654 e. The number of hydrogen-bond acceptors (Lipinski definition) is 0. The number of unbranched alkanes of at least 4 members (excludes halogenated alkanes) is 5. The van der Waals surface area contributed by atoms with E-state index in [2.05, 4.69) is 27.2 Å². The van der Waals surface area contributed by atoms with Crippen molar-refractivity contribution in [3.05, 3.63) is 6.42 Å². The zero-order valence-electron chi connectivity index (χ0n) is 9.81. The molecule has 1 unspecified atom stereocenters. The Bertz CT molecular complexity index is 86.0. The quantitative estimate of drug-likeness (QED) is 0.442. The molecule has 0 fully saturated rings. The van der Waals surface area contributed by atoms with Gasteiger partial charge in [0.25, 0.3) is 0 Å². The molecule has 0 bridgehead atoms. The molecular weight excluding hydrogens is 156 g/mol.